The molecule has 1 fully saturated rings. The molecule has 1 aromatic rings. The van der Waals surface area contributed by atoms with Crippen molar-refractivity contribution in [1.82, 2.24) is 16.0 Å². The number of aliphatic hydroxyl groups excluding tert-OH is 4. The minimum atomic E-state index is -2.68. The molecule has 0 radical (unpaired) electrons. The van der Waals surface area contributed by atoms with E-state index in [-0.39, 0.29) is 37.5 Å². The predicted molar refractivity (Wildman–Crippen MR) is 167 cm³/mol. The van der Waals surface area contributed by atoms with E-state index in [1.807, 2.05) is 0 Å². The van der Waals surface area contributed by atoms with Gasteiger partial charge in [0.25, 0.3) is 12.2 Å². The van der Waals surface area contributed by atoms with Crippen molar-refractivity contribution >= 4 is 23.7 Å². The minimum Gasteiger partial charge on any atom is -0.477 e. The molecule has 1 aromatic carbocycles. The molecule has 0 unspecified atom stereocenters. The van der Waals surface area contributed by atoms with Crippen LogP contribution in [-0.2, 0) is 39.8 Å². The molecule has 2 rings (SSSR count). The van der Waals surface area contributed by atoms with Gasteiger partial charge in [0.05, 0.1) is 37.9 Å². The van der Waals surface area contributed by atoms with Crippen LogP contribution < -0.4 is 16.0 Å². The summed E-state index contributed by atoms with van der Waals surface area (Å²) in [6.45, 7) is -0.975. The molecule has 3 amide bonds. The summed E-state index contributed by atoms with van der Waals surface area (Å²) in [5.74, 6) is -3.62. The molecule has 0 bridgehead atoms. The summed E-state index contributed by atoms with van der Waals surface area (Å²) in [6, 6.07) is 3.51. The third-order valence-electron chi connectivity index (χ3n) is 7.59. The van der Waals surface area contributed by atoms with Crippen molar-refractivity contribution < 1.29 is 67.7 Å². The van der Waals surface area contributed by atoms with E-state index in [0.29, 0.717) is 44.4 Å². The first kappa shape index (κ1) is 41.4. The number of carbonyl (C=O) groups is 4. The number of terminal acetylenes is 1. The lowest BCUT2D eigenvalue weighted by molar-refractivity contribution is -0.310. The monoisotopic (exact) mass is 701 g/mol. The lowest BCUT2D eigenvalue weighted by Gasteiger charge is -2.46. The molecular formula is C32H45F2N3O12. The topological polar surface area (TPSA) is 233 Å². The largest absolute Gasteiger partial charge is 0.477 e. The number of aliphatic hydroxyl groups is 4. The molecule has 1 aliphatic heterocycles. The Bertz CT molecular complexity index is 1250. The Hall–Kier alpha value is -3.76. The van der Waals surface area contributed by atoms with Gasteiger partial charge in [-0.25, -0.2) is 13.6 Å². The first-order chi connectivity index (χ1) is 23.3. The van der Waals surface area contributed by atoms with E-state index in [4.69, 9.17) is 20.6 Å². The fourth-order valence-corrected chi connectivity index (χ4v) is 4.99. The van der Waals surface area contributed by atoms with Crippen molar-refractivity contribution in [2.24, 2.45) is 0 Å². The van der Waals surface area contributed by atoms with Gasteiger partial charge in [0.1, 0.15) is 25.4 Å². The highest BCUT2D eigenvalue weighted by molar-refractivity contribution is 5.79. The van der Waals surface area contributed by atoms with Crippen molar-refractivity contribution in [3.8, 4) is 12.3 Å². The maximum Gasteiger partial charge on any atom is 0.364 e. The van der Waals surface area contributed by atoms with Crippen LogP contribution in [0.4, 0.5) is 8.78 Å². The van der Waals surface area contributed by atoms with Crippen molar-refractivity contribution in [3.05, 3.63) is 35.4 Å². The Kier molecular flexibility index (Phi) is 18.0. The highest BCUT2D eigenvalue weighted by Crippen LogP contribution is 2.34. The second-order valence-corrected chi connectivity index (χ2v) is 11.4. The van der Waals surface area contributed by atoms with Crippen molar-refractivity contribution in [2.75, 3.05) is 39.5 Å². The van der Waals surface area contributed by atoms with Gasteiger partial charge in [0.15, 0.2) is 0 Å². The van der Waals surface area contributed by atoms with E-state index < -0.39 is 80.0 Å². The van der Waals surface area contributed by atoms with Gasteiger partial charge in [-0.05, 0) is 18.4 Å². The van der Waals surface area contributed by atoms with Crippen molar-refractivity contribution in [3.63, 3.8) is 0 Å². The highest BCUT2D eigenvalue weighted by atomic mass is 19.3. The third-order valence-corrected chi connectivity index (χ3v) is 7.59. The lowest BCUT2D eigenvalue weighted by atomic mass is 9.88. The Morgan fingerprint density at radius 3 is 2.35 bits per heavy atom. The number of aliphatic carboxylic acids is 1. The van der Waals surface area contributed by atoms with Gasteiger partial charge in [-0.3, -0.25) is 14.4 Å². The Balaban J connectivity index is 1.96. The quantitative estimate of drug-likeness (QED) is 0.0546. The molecule has 0 saturated carbocycles. The molecule has 1 aliphatic rings. The summed E-state index contributed by atoms with van der Waals surface area (Å²) >= 11 is 0. The second kappa shape index (κ2) is 21.4. The highest BCUT2D eigenvalue weighted by Gasteiger charge is 2.55. The number of ether oxygens (including phenoxy) is 3. The van der Waals surface area contributed by atoms with E-state index in [1.165, 1.54) is 24.3 Å². The summed E-state index contributed by atoms with van der Waals surface area (Å²) in [5, 5.41) is 59.1. The number of carbonyl (C=O) groups excluding carboxylic acids is 3. The number of hydrogen-bond donors (Lipinski definition) is 8. The van der Waals surface area contributed by atoms with E-state index in [2.05, 4.69) is 21.9 Å². The first-order valence-corrected chi connectivity index (χ1v) is 15.7. The van der Waals surface area contributed by atoms with Gasteiger partial charge < -0.3 is 55.7 Å². The fourth-order valence-electron chi connectivity index (χ4n) is 4.99. The summed E-state index contributed by atoms with van der Waals surface area (Å²) in [6.07, 6.45) is -3.50. The molecule has 0 aliphatic carbocycles. The number of nitrogens with one attached hydrogen (secondary N) is 3. The number of carboxylic acids is 1. The van der Waals surface area contributed by atoms with Gasteiger partial charge in [-0.1, -0.05) is 43.0 Å². The molecule has 1 saturated heterocycles. The smallest absolute Gasteiger partial charge is 0.364 e. The van der Waals surface area contributed by atoms with Crippen LogP contribution in [0.25, 0.3) is 0 Å². The number of carboxylic acid groups (broad SMARTS) is 1. The van der Waals surface area contributed by atoms with E-state index in [9.17, 15) is 53.5 Å². The summed E-state index contributed by atoms with van der Waals surface area (Å²) in [5.41, 5.74) is 0.174. The molecule has 1 heterocycles. The predicted octanol–water partition coefficient (Wildman–Crippen LogP) is -0.854. The molecule has 49 heavy (non-hydrogen) atoms. The van der Waals surface area contributed by atoms with Crippen LogP contribution in [-0.4, -0.2) is 125 Å². The number of amides is 3. The summed E-state index contributed by atoms with van der Waals surface area (Å²) in [4.78, 5) is 48.7. The standard InChI is InChI=1S/C32H45F2N3O12/c1-2-13-47-15-12-35-24(41)7-5-3-4-6-14-48-32(31(45)46)17-22(39)27(37-26(43)19-38)29(49-32)28(44)23(40)18-36-25(42)16-20-8-10-21(11-9-20)30(33)34/h1,8-11,22-23,27-30,38-40,44H,3-7,12-19H2,(H,35,41)(H,36,42)(H,37,43)(H,45,46)/t22-,23+,27+,28+,29+,32+/m0/s1. The molecule has 274 valence electrons. The second-order valence-electron chi connectivity index (χ2n) is 11.4. The van der Waals surface area contributed by atoms with E-state index in [0.717, 1.165) is 0 Å². The zero-order valence-corrected chi connectivity index (χ0v) is 26.9. The minimum absolute atomic E-state index is 0.155. The molecule has 17 heteroatoms. The van der Waals surface area contributed by atoms with Crippen LogP contribution >= 0.6 is 0 Å². The van der Waals surface area contributed by atoms with Gasteiger partial charge in [0.2, 0.25) is 17.7 Å². The Labute approximate surface area is 282 Å². The number of rotatable bonds is 22. The number of hydrogen-bond acceptors (Lipinski definition) is 11. The lowest BCUT2D eigenvalue weighted by Crippen LogP contribution is -2.68. The van der Waals surface area contributed by atoms with Crippen molar-refractivity contribution in [1.29, 1.82) is 0 Å². The molecule has 6 atom stereocenters. The van der Waals surface area contributed by atoms with Crippen LogP contribution in [0.1, 0.15) is 56.1 Å². The zero-order valence-electron chi connectivity index (χ0n) is 26.9. The number of halogens is 2. The fraction of sp³-hybridized carbons (Fsp3) is 0.625. The molecule has 8 N–H and O–H groups in total. The Morgan fingerprint density at radius 1 is 1.02 bits per heavy atom. The zero-order chi connectivity index (χ0) is 36.4. The number of benzene rings is 1. The molecular weight excluding hydrogens is 656 g/mol. The van der Waals surface area contributed by atoms with Crippen LogP contribution in [0.2, 0.25) is 0 Å². The van der Waals surface area contributed by atoms with Crippen LogP contribution in [0.5, 0.6) is 0 Å². The van der Waals surface area contributed by atoms with Gasteiger partial charge >= 0.3 is 5.97 Å². The summed E-state index contributed by atoms with van der Waals surface area (Å²) in [7, 11) is 0. The SMILES string of the molecule is C#CCOCCNC(=O)CCCCCCO[C@]1(C(=O)O)C[C@H](O)[C@@H](NC(=O)CO)[C@H]([C@H](O)[C@H](O)CNC(=O)Cc2ccc(C(F)F)cc2)O1. The first-order valence-electron chi connectivity index (χ1n) is 15.7. The molecule has 15 nitrogen and oxygen atoms in total. The maximum absolute atomic E-state index is 12.8. The Morgan fingerprint density at radius 2 is 1.71 bits per heavy atom. The van der Waals surface area contributed by atoms with E-state index >= 15 is 0 Å². The number of alkyl halides is 2. The maximum atomic E-state index is 12.8. The van der Waals surface area contributed by atoms with Crippen LogP contribution in [0.3, 0.4) is 0 Å². The average Bonchev–Trinajstić information content (AvgIpc) is 3.07. The molecule has 0 aromatic heterocycles. The van der Waals surface area contributed by atoms with Gasteiger partial charge in [-0.2, -0.15) is 0 Å². The number of unbranched alkanes of at least 4 members (excludes halogenated alkanes) is 3. The van der Waals surface area contributed by atoms with Crippen LogP contribution in [0, 0.1) is 12.3 Å². The summed E-state index contributed by atoms with van der Waals surface area (Å²) < 4.78 is 41.9. The average molecular weight is 702 g/mol. The van der Waals surface area contributed by atoms with Crippen LogP contribution in [0.15, 0.2) is 24.3 Å². The van der Waals surface area contributed by atoms with Gasteiger partial charge in [-0.15, -0.1) is 6.42 Å². The molecule has 0 spiro atoms. The third kappa shape index (κ3) is 13.9. The van der Waals surface area contributed by atoms with E-state index in [1.54, 1.807) is 0 Å². The van der Waals surface area contributed by atoms with Gasteiger partial charge in [0, 0.05) is 31.5 Å². The normalized spacial score (nSPS) is 21.7. The van der Waals surface area contributed by atoms with Crippen molar-refractivity contribution in [2.45, 2.75) is 87.6 Å².